The molecule has 150 valence electrons. The maximum absolute atomic E-state index is 5.91. The first-order chi connectivity index (χ1) is 14.8. The first-order valence-corrected chi connectivity index (χ1v) is 10.4. The molecule has 0 saturated carbocycles. The molecule has 4 heteroatoms. The second kappa shape index (κ2) is 8.54. The molecule has 0 amide bonds. The molecule has 0 spiro atoms. The Labute approximate surface area is 176 Å². The quantitative estimate of drug-likeness (QED) is 0.617. The predicted octanol–water partition coefficient (Wildman–Crippen LogP) is 4.46. The van der Waals surface area contributed by atoms with E-state index in [0.717, 1.165) is 24.0 Å². The van der Waals surface area contributed by atoms with Gasteiger partial charge in [0.05, 0.1) is 12.1 Å². The Morgan fingerprint density at radius 2 is 1.07 bits per heavy atom. The van der Waals surface area contributed by atoms with E-state index in [-0.39, 0.29) is 12.1 Å². The van der Waals surface area contributed by atoms with E-state index in [9.17, 15) is 0 Å². The average molecular weight is 396 g/mol. The highest BCUT2D eigenvalue weighted by molar-refractivity contribution is 6.00. The number of hydrogen-bond acceptors (Lipinski definition) is 4. The van der Waals surface area contributed by atoms with Gasteiger partial charge in [-0.15, -0.1) is 0 Å². The molecule has 0 N–H and O–H groups in total. The number of nitrogens with zero attached hydrogens (tertiary/aromatic N) is 2. The largest absolute Gasteiger partial charge is 0.475 e. The summed E-state index contributed by atoms with van der Waals surface area (Å²) in [6, 6.07) is 29.3. The molecule has 5 rings (SSSR count). The second-order valence-corrected chi connectivity index (χ2v) is 7.76. The molecule has 4 nitrogen and oxygen atoms in total. The molecule has 0 bridgehead atoms. The van der Waals surface area contributed by atoms with Crippen LogP contribution in [-0.4, -0.2) is 37.1 Å². The fraction of sp³-hybridized carbons (Fsp3) is 0.231. The molecule has 0 aromatic heterocycles. The first-order valence-electron chi connectivity index (χ1n) is 10.4. The Morgan fingerprint density at radius 1 is 0.600 bits per heavy atom. The summed E-state index contributed by atoms with van der Waals surface area (Å²) in [4.78, 5) is 9.61. The van der Waals surface area contributed by atoms with Crippen molar-refractivity contribution in [3.8, 4) is 0 Å². The molecular formula is C26H24N2O2. The van der Waals surface area contributed by atoms with Gasteiger partial charge in [-0.25, -0.2) is 9.98 Å². The lowest BCUT2D eigenvalue weighted by Gasteiger charge is -2.05. The third kappa shape index (κ3) is 4.28. The Hall–Kier alpha value is -3.40. The van der Waals surface area contributed by atoms with E-state index < -0.39 is 0 Å². The molecule has 0 radical (unpaired) electrons. The van der Waals surface area contributed by atoms with Crippen molar-refractivity contribution in [2.45, 2.75) is 24.9 Å². The molecular weight excluding hydrogens is 372 g/mol. The maximum Gasteiger partial charge on any atom is 0.216 e. The highest BCUT2D eigenvalue weighted by Gasteiger charge is 2.23. The molecule has 2 heterocycles. The fourth-order valence-corrected chi connectivity index (χ4v) is 3.91. The SMILES string of the molecule is c1ccc(CC2COC(c3cccc(C4=NC(Cc5ccccc5)CO4)c3)=N2)cc1. The minimum atomic E-state index is 0.154. The summed E-state index contributed by atoms with van der Waals surface area (Å²) in [5.41, 5.74) is 4.51. The molecule has 0 saturated heterocycles. The van der Waals surface area contributed by atoms with Gasteiger partial charge in [0, 0.05) is 11.1 Å². The standard InChI is InChI=1S/C26H24N2O2/c1-3-8-19(9-4-1)14-23-17-29-25(27-23)21-12-7-13-22(16-21)26-28-24(18-30-26)15-20-10-5-2-6-11-20/h1-13,16,23-24H,14-15,17-18H2. The third-order valence-corrected chi connectivity index (χ3v) is 5.41. The van der Waals surface area contributed by atoms with Crippen LogP contribution < -0.4 is 0 Å². The van der Waals surface area contributed by atoms with E-state index >= 15 is 0 Å². The lowest BCUT2D eigenvalue weighted by molar-refractivity contribution is 0.316. The van der Waals surface area contributed by atoms with Crippen LogP contribution in [0.15, 0.2) is 94.9 Å². The summed E-state index contributed by atoms with van der Waals surface area (Å²) < 4.78 is 11.8. The topological polar surface area (TPSA) is 43.2 Å². The molecule has 0 aliphatic carbocycles. The van der Waals surface area contributed by atoms with Crippen molar-refractivity contribution < 1.29 is 9.47 Å². The Morgan fingerprint density at radius 3 is 1.53 bits per heavy atom. The van der Waals surface area contributed by atoms with Crippen molar-refractivity contribution in [1.29, 1.82) is 0 Å². The van der Waals surface area contributed by atoms with Crippen molar-refractivity contribution >= 4 is 11.8 Å². The Balaban J connectivity index is 1.29. The monoisotopic (exact) mass is 396 g/mol. The molecule has 2 unspecified atom stereocenters. The van der Waals surface area contributed by atoms with E-state index in [4.69, 9.17) is 19.5 Å². The van der Waals surface area contributed by atoms with Gasteiger partial charge in [0.25, 0.3) is 0 Å². The number of rotatable bonds is 6. The predicted molar refractivity (Wildman–Crippen MR) is 119 cm³/mol. The van der Waals surface area contributed by atoms with Crippen molar-refractivity contribution in [3.05, 3.63) is 107 Å². The van der Waals surface area contributed by atoms with Crippen molar-refractivity contribution in [1.82, 2.24) is 0 Å². The van der Waals surface area contributed by atoms with E-state index in [1.165, 1.54) is 11.1 Å². The van der Waals surface area contributed by atoms with Gasteiger partial charge in [-0.1, -0.05) is 66.7 Å². The summed E-state index contributed by atoms with van der Waals surface area (Å²) in [5.74, 6) is 1.41. The number of benzene rings is 3. The minimum absolute atomic E-state index is 0.154. The van der Waals surface area contributed by atoms with E-state index in [0.29, 0.717) is 25.0 Å². The smallest absolute Gasteiger partial charge is 0.216 e. The average Bonchev–Trinajstić information content (AvgIpc) is 3.45. The van der Waals surface area contributed by atoms with E-state index in [1.807, 2.05) is 30.3 Å². The summed E-state index contributed by atoms with van der Waals surface area (Å²) in [6.07, 6.45) is 1.78. The van der Waals surface area contributed by atoms with Gasteiger partial charge < -0.3 is 9.47 Å². The zero-order valence-corrected chi connectivity index (χ0v) is 16.8. The molecule has 3 aromatic carbocycles. The van der Waals surface area contributed by atoms with Crippen LogP contribution >= 0.6 is 0 Å². The van der Waals surface area contributed by atoms with Crippen LogP contribution in [0.25, 0.3) is 0 Å². The summed E-state index contributed by atoms with van der Waals surface area (Å²) >= 11 is 0. The van der Waals surface area contributed by atoms with Crippen LogP contribution in [0.2, 0.25) is 0 Å². The van der Waals surface area contributed by atoms with Crippen molar-refractivity contribution in [2.24, 2.45) is 9.98 Å². The van der Waals surface area contributed by atoms with Gasteiger partial charge in [0.1, 0.15) is 13.2 Å². The molecule has 2 atom stereocenters. The molecule has 2 aliphatic rings. The normalized spacial score (nSPS) is 20.3. The zero-order valence-electron chi connectivity index (χ0n) is 16.8. The van der Waals surface area contributed by atoms with Gasteiger partial charge in [-0.2, -0.15) is 0 Å². The lowest BCUT2D eigenvalue weighted by atomic mass is 10.1. The molecule has 0 fully saturated rings. The second-order valence-electron chi connectivity index (χ2n) is 7.76. The van der Waals surface area contributed by atoms with Crippen LogP contribution in [0.5, 0.6) is 0 Å². The van der Waals surface area contributed by atoms with Gasteiger partial charge in [-0.05, 0) is 42.2 Å². The Kier molecular flexibility index (Phi) is 5.30. The molecule has 3 aromatic rings. The summed E-state index contributed by atoms with van der Waals surface area (Å²) in [7, 11) is 0. The number of aliphatic imine (C=N–C) groups is 2. The highest BCUT2D eigenvalue weighted by Crippen LogP contribution is 2.20. The number of hydrogen-bond donors (Lipinski definition) is 0. The van der Waals surface area contributed by atoms with E-state index in [1.54, 1.807) is 0 Å². The van der Waals surface area contributed by atoms with Crippen LogP contribution in [-0.2, 0) is 22.3 Å². The minimum Gasteiger partial charge on any atom is -0.475 e. The van der Waals surface area contributed by atoms with Crippen LogP contribution in [0.1, 0.15) is 22.3 Å². The third-order valence-electron chi connectivity index (χ3n) is 5.41. The highest BCUT2D eigenvalue weighted by atomic mass is 16.5. The van der Waals surface area contributed by atoms with Gasteiger partial charge >= 0.3 is 0 Å². The fourth-order valence-electron chi connectivity index (χ4n) is 3.91. The van der Waals surface area contributed by atoms with Crippen LogP contribution in [0.3, 0.4) is 0 Å². The zero-order chi connectivity index (χ0) is 20.2. The summed E-state index contributed by atoms with van der Waals surface area (Å²) in [5, 5.41) is 0. The maximum atomic E-state index is 5.91. The van der Waals surface area contributed by atoms with Crippen molar-refractivity contribution in [3.63, 3.8) is 0 Å². The number of ether oxygens (including phenoxy) is 2. The van der Waals surface area contributed by atoms with Gasteiger partial charge in [-0.3, -0.25) is 0 Å². The van der Waals surface area contributed by atoms with Crippen LogP contribution in [0.4, 0.5) is 0 Å². The molecule has 2 aliphatic heterocycles. The van der Waals surface area contributed by atoms with Gasteiger partial charge in [0.15, 0.2) is 0 Å². The molecule has 30 heavy (non-hydrogen) atoms. The first kappa shape index (κ1) is 18.6. The van der Waals surface area contributed by atoms with Crippen LogP contribution in [0, 0.1) is 0 Å². The van der Waals surface area contributed by atoms with E-state index in [2.05, 4.69) is 54.6 Å². The summed E-state index contributed by atoms with van der Waals surface area (Å²) in [6.45, 7) is 1.23. The van der Waals surface area contributed by atoms with Gasteiger partial charge in [0.2, 0.25) is 11.8 Å². The van der Waals surface area contributed by atoms with Crippen molar-refractivity contribution in [2.75, 3.05) is 13.2 Å². The lowest BCUT2D eigenvalue weighted by Crippen LogP contribution is -2.09. The Bertz CT molecular complexity index is 978.